The lowest BCUT2D eigenvalue weighted by Gasteiger charge is -2.26. The van der Waals surface area contributed by atoms with Gasteiger partial charge in [-0.2, -0.15) is 0 Å². The fourth-order valence-corrected chi connectivity index (χ4v) is 5.17. The lowest BCUT2D eigenvalue weighted by molar-refractivity contribution is 0.208. The number of methoxy groups -OCH3 is 3. The Bertz CT molecular complexity index is 1180. The molecule has 1 unspecified atom stereocenters. The van der Waals surface area contributed by atoms with Crippen LogP contribution in [0, 0.1) is 0 Å². The van der Waals surface area contributed by atoms with Crippen LogP contribution in [-0.4, -0.2) is 37.2 Å². The van der Waals surface area contributed by atoms with Crippen molar-refractivity contribution < 1.29 is 23.7 Å². The normalized spacial score (nSPS) is 14.9. The number of nitrogens with zero attached hydrogens (tertiary/aromatic N) is 2. The summed E-state index contributed by atoms with van der Waals surface area (Å²) in [4.78, 5) is 11.5. The van der Waals surface area contributed by atoms with Gasteiger partial charge < -0.3 is 24.7 Å². The quantitative estimate of drug-likeness (QED) is 0.485. The topological polar surface area (TPSA) is 97.8 Å². The Labute approximate surface area is 207 Å². The van der Waals surface area contributed by atoms with Gasteiger partial charge in [-0.3, -0.25) is 4.68 Å². The van der Waals surface area contributed by atoms with Crippen molar-refractivity contribution >= 4 is 29.3 Å². The van der Waals surface area contributed by atoms with Gasteiger partial charge in [0.15, 0.2) is 0 Å². The van der Waals surface area contributed by atoms with E-state index >= 15 is 0 Å². The molecule has 2 N–H and O–H groups in total. The molecule has 0 spiro atoms. The molecule has 2 aromatic carbocycles. The minimum Gasteiger partial charge on any atom is -0.497 e. The molecule has 1 aromatic heterocycles. The van der Waals surface area contributed by atoms with Crippen molar-refractivity contribution in [2.24, 2.45) is 5.73 Å². The molecule has 180 valence electrons. The molecule has 1 aliphatic rings. The Balaban J connectivity index is 1.74. The summed E-state index contributed by atoms with van der Waals surface area (Å²) >= 11 is 13.4. The average molecular weight is 506 g/mol. The third kappa shape index (κ3) is 4.60. The molecular formula is C24H25Cl2N3O5. The van der Waals surface area contributed by atoms with Gasteiger partial charge in [0, 0.05) is 22.9 Å². The smallest absolute Gasteiger partial charge is 0.411 e. The van der Waals surface area contributed by atoms with Crippen LogP contribution in [-0.2, 0) is 19.4 Å². The van der Waals surface area contributed by atoms with E-state index in [2.05, 4.69) is 5.10 Å². The van der Waals surface area contributed by atoms with Crippen LogP contribution >= 0.6 is 23.2 Å². The first-order valence-electron chi connectivity index (χ1n) is 10.6. The molecule has 4 rings (SSSR count). The fourth-order valence-electron chi connectivity index (χ4n) is 4.36. The molecule has 0 radical (unpaired) electrons. The first-order valence-corrected chi connectivity index (χ1v) is 11.4. The van der Waals surface area contributed by atoms with Crippen molar-refractivity contribution in [2.45, 2.75) is 31.7 Å². The summed E-state index contributed by atoms with van der Waals surface area (Å²) in [7, 11) is 4.72. The van der Waals surface area contributed by atoms with Crippen LogP contribution in [0.3, 0.4) is 0 Å². The van der Waals surface area contributed by atoms with Crippen molar-refractivity contribution in [3.8, 4) is 23.1 Å². The van der Waals surface area contributed by atoms with Crippen LogP contribution in [0.15, 0.2) is 30.3 Å². The number of rotatable bonds is 7. The van der Waals surface area contributed by atoms with Gasteiger partial charge >= 0.3 is 6.09 Å². The highest BCUT2D eigenvalue weighted by Gasteiger charge is 2.32. The van der Waals surface area contributed by atoms with Crippen molar-refractivity contribution in [3.05, 3.63) is 62.8 Å². The number of benzene rings is 2. The molecule has 1 amide bonds. The van der Waals surface area contributed by atoms with Gasteiger partial charge in [0.05, 0.1) is 37.9 Å². The molecule has 3 aromatic rings. The number of fused-ring (bicyclic) bond motifs is 1. The first-order chi connectivity index (χ1) is 16.4. The van der Waals surface area contributed by atoms with Crippen molar-refractivity contribution in [1.29, 1.82) is 0 Å². The van der Waals surface area contributed by atoms with Gasteiger partial charge in [0.1, 0.15) is 17.2 Å². The summed E-state index contributed by atoms with van der Waals surface area (Å²) < 4.78 is 23.2. The molecule has 34 heavy (non-hydrogen) atoms. The maximum atomic E-state index is 11.5. The minimum atomic E-state index is -0.900. The number of aromatic nitrogens is 2. The maximum Gasteiger partial charge on any atom is 0.411 e. The molecule has 1 aliphatic carbocycles. The van der Waals surface area contributed by atoms with Gasteiger partial charge in [0.25, 0.3) is 0 Å². The van der Waals surface area contributed by atoms with E-state index in [0.29, 0.717) is 47.4 Å². The summed E-state index contributed by atoms with van der Waals surface area (Å²) in [5, 5.41) is 5.47. The highest BCUT2D eigenvalue weighted by Crippen LogP contribution is 2.48. The fraction of sp³-hybridized carbons (Fsp3) is 0.333. The molecule has 10 heteroatoms. The number of halogens is 2. The summed E-state index contributed by atoms with van der Waals surface area (Å²) in [5.74, 6) is 1.96. The monoisotopic (exact) mass is 505 g/mol. The predicted octanol–water partition coefficient (Wildman–Crippen LogP) is 4.99. The van der Waals surface area contributed by atoms with Gasteiger partial charge in [-0.15, -0.1) is 5.10 Å². The van der Waals surface area contributed by atoms with Crippen LogP contribution < -0.4 is 24.7 Å². The van der Waals surface area contributed by atoms with E-state index in [-0.39, 0.29) is 11.8 Å². The van der Waals surface area contributed by atoms with Crippen LogP contribution in [0.1, 0.15) is 34.7 Å². The van der Waals surface area contributed by atoms with Crippen LogP contribution in [0.5, 0.6) is 23.1 Å². The zero-order chi connectivity index (χ0) is 24.4. The standard InChI is InChI=1S/C24H25Cl2N3O5/c1-31-15-7-4-13(5-8-15)12-29-17-10-14(6-9-16(17)23(28-29)34-24(27)30)20-21(25)18(32-2)11-19(33-3)22(20)26/h4-5,7-8,11,14H,6,9-10,12H2,1-3H3,(H2,27,30). The van der Waals surface area contributed by atoms with Gasteiger partial charge in [-0.1, -0.05) is 35.3 Å². The molecular weight excluding hydrogens is 481 g/mol. The van der Waals surface area contributed by atoms with Crippen LogP contribution in [0.4, 0.5) is 4.79 Å². The van der Waals surface area contributed by atoms with E-state index in [9.17, 15) is 4.79 Å². The summed E-state index contributed by atoms with van der Waals surface area (Å²) in [6.45, 7) is 0.476. The molecule has 0 fully saturated rings. The minimum absolute atomic E-state index is 0.0238. The Morgan fingerprint density at radius 3 is 2.29 bits per heavy atom. The lowest BCUT2D eigenvalue weighted by atomic mass is 9.82. The summed E-state index contributed by atoms with van der Waals surface area (Å²) in [6, 6.07) is 9.37. The SMILES string of the molecule is COc1ccc(Cn2nc(OC(N)=O)c3c2CC(c2c(Cl)c(OC)cc(OC)c2Cl)CC3)cc1. The number of amides is 1. The number of carbonyl (C=O) groups is 1. The lowest BCUT2D eigenvalue weighted by Crippen LogP contribution is -2.19. The average Bonchev–Trinajstić information content (AvgIpc) is 3.15. The molecule has 0 saturated heterocycles. The largest absolute Gasteiger partial charge is 0.497 e. The Morgan fingerprint density at radius 2 is 1.74 bits per heavy atom. The van der Waals surface area contributed by atoms with Gasteiger partial charge in [0.2, 0.25) is 5.88 Å². The number of primary amides is 1. The van der Waals surface area contributed by atoms with E-state index in [1.807, 2.05) is 28.9 Å². The molecule has 0 bridgehead atoms. The van der Waals surface area contributed by atoms with Gasteiger partial charge in [-0.05, 0) is 42.9 Å². The Hall–Kier alpha value is -3.10. The predicted molar refractivity (Wildman–Crippen MR) is 129 cm³/mol. The first kappa shape index (κ1) is 24.0. The number of hydrogen-bond donors (Lipinski definition) is 1. The number of carbonyl (C=O) groups excluding carboxylic acids is 1. The Morgan fingerprint density at radius 1 is 1.09 bits per heavy atom. The third-order valence-corrected chi connectivity index (χ3v) is 6.80. The molecule has 1 heterocycles. The second kappa shape index (κ2) is 10.0. The van der Waals surface area contributed by atoms with Crippen molar-refractivity contribution in [1.82, 2.24) is 9.78 Å². The van der Waals surface area contributed by atoms with Crippen LogP contribution in [0.25, 0.3) is 0 Å². The van der Waals surface area contributed by atoms with E-state index < -0.39 is 6.09 Å². The number of nitrogens with two attached hydrogens (primary N) is 1. The molecule has 0 aliphatic heterocycles. The number of ether oxygens (including phenoxy) is 4. The maximum absolute atomic E-state index is 11.5. The summed E-state index contributed by atoms with van der Waals surface area (Å²) in [6.07, 6.45) is 1.00. The van der Waals surface area contributed by atoms with Crippen molar-refractivity contribution in [2.75, 3.05) is 21.3 Å². The van der Waals surface area contributed by atoms with E-state index in [4.69, 9.17) is 47.9 Å². The van der Waals surface area contributed by atoms with Crippen molar-refractivity contribution in [3.63, 3.8) is 0 Å². The van der Waals surface area contributed by atoms with E-state index in [1.165, 1.54) is 0 Å². The highest BCUT2D eigenvalue weighted by molar-refractivity contribution is 6.38. The highest BCUT2D eigenvalue weighted by atomic mass is 35.5. The van der Waals surface area contributed by atoms with Gasteiger partial charge in [-0.25, -0.2) is 4.79 Å². The Kier molecular flexibility index (Phi) is 7.09. The second-order valence-electron chi connectivity index (χ2n) is 7.92. The molecule has 1 atom stereocenters. The zero-order valence-corrected chi connectivity index (χ0v) is 20.6. The zero-order valence-electron chi connectivity index (χ0n) is 19.1. The molecule has 0 saturated carbocycles. The third-order valence-electron chi connectivity index (χ3n) is 6.02. The second-order valence-corrected chi connectivity index (χ2v) is 8.68. The van der Waals surface area contributed by atoms with E-state index in [0.717, 1.165) is 28.1 Å². The van der Waals surface area contributed by atoms with Crippen LogP contribution in [0.2, 0.25) is 10.0 Å². The molecule has 8 nitrogen and oxygen atoms in total. The summed E-state index contributed by atoms with van der Waals surface area (Å²) in [5.41, 5.74) is 8.84. The van der Waals surface area contributed by atoms with E-state index in [1.54, 1.807) is 27.4 Å². The number of hydrogen-bond acceptors (Lipinski definition) is 6.